The zero-order valence-electron chi connectivity index (χ0n) is 12.0. The highest BCUT2D eigenvalue weighted by molar-refractivity contribution is 5.95. The predicted octanol–water partition coefficient (Wildman–Crippen LogP) is 3.20. The molecule has 0 saturated heterocycles. The fraction of sp³-hybridized carbons (Fsp3) is 0.429. The summed E-state index contributed by atoms with van der Waals surface area (Å²) in [6.45, 7) is 5.55. The minimum Gasteiger partial charge on any atom is -0.267 e. The standard InChI is InChI=1S/C14H19N3O3/c1-4-5-6-11(3)15-16-14(18)12-8-7-10(2)13(9-12)17(19)20/h7-9H,4-6H2,1-3H3,(H,16,18)/b15-11+. The zero-order chi connectivity index (χ0) is 15.1. The minimum atomic E-state index is -0.498. The molecule has 0 aliphatic heterocycles. The van der Waals surface area contributed by atoms with E-state index in [1.165, 1.54) is 6.07 Å². The first kappa shape index (κ1) is 15.8. The molecule has 0 saturated carbocycles. The fourth-order valence-electron chi connectivity index (χ4n) is 1.65. The Morgan fingerprint density at radius 1 is 1.45 bits per heavy atom. The van der Waals surface area contributed by atoms with E-state index in [-0.39, 0.29) is 11.3 Å². The van der Waals surface area contributed by atoms with E-state index >= 15 is 0 Å². The van der Waals surface area contributed by atoms with Gasteiger partial charge in [0.25, 0.3) is 11.6 Å². The Labute approximate surface area is 118 Å². The number of hydrogen-bond donors (Lipinski definition) is 1. The van der Waals surface area contributed by atoms with Crippen LogP contribution in [0.1, 0.15) is 49.0 Å². The molecule has 0 aromatic heterocycles. The molecule has 1 aromatic carbocycles. The molecule has 6 nitrogen and oxygen atoms in total. The molecule has 0 spiro atoms. The lowest BCUT2D eigenvalue weighted by molar-refractivity contribution is -0.385. The van der Waals surface area contributed by atoms with Crippen molar-refractivity contribution in [3.05, 3.63) is 39.4 Å². The highest BCUT2D eigenvalue weighted by atomic mass is 16.6. The molecule has 1 N–H and O–H groups in total. The van der Waals surface area contributed by atoms with Crippen LogP contribution >= 0.6 is 0 Å². The summed E-state index contributed by atoms with van der Waals surface area (Å²) in [5.41, 5.74) is 3.94. The second-order valence-electron chi connectivity index (χ2n) is 4.65. The molecule has 0 atom stereocenters. The van der Waals surface area contributed by atoms with E-state index in [1.54, 1.807) is 19.1 Å². The number of rotatable bonds is 6. The van der Waals surface area contributed by atoms with Crippen LogP contribution in [-0.4, -0.2) is 16.5 Å². The van der Waals surface area contributed by atoms with E-state index < -0.39 is 10.8 Å². The molecule has 0 bridgehead atoms. The van der Waals surface area contributed by atoms with Gasteiger partial charge in [-0.1, -0.05) is 19.4 Å². The van der Waals surface area contributed by atoms with E-state index in [0.717, 1.165) is 25.0 Å². The number of nitro groups is 1. The van der Waals surface area contributed by atoms with Crippen LogP contribution in [0, 0.1) is 17.0 Å². The Kier molecular flexibility index (Phi) is 5.83. The van der Waals surface area contributed by atoms with Gasteiger partial charge in [0.05, 0.1) is 4.92 Å². The Bertz CT molecular complexity index is 538. The summed E-state index contributed by atoms with van der Waals surface area (Å²) < 4.78 is 0. The lowest BCUT2D eigenvalue weighted by Crippen LogP contribution is -2.19. The molecule has 0 aliphatic rings. The molecular formula is C14H19N3O3. The Hall–Kier alpha value is -2.24. The van der Waals surface area contributed by atoms with E-state index in [9.17, 15) is 14.9 Å². The van der Waals surface area contributed by atoms with Crippen LogP contribution in [0.3, 0.4) is 0 Å². The van der Waals surface area contributed by atoms with Gasteiger partial charge in [0.15, 0.2) is 0 Å². The summed E-state index contributed by atoms with van der Waals surface area (Å²) in [5, 5.41) is 14.8. The van der Waals surface area contributed by atoms with Crippen molar-refractivity contribution in [2.75, 3.05) is 0 Å². The third kappa shape index (κ3) is 4.46. The number of carbonyl (C=O) groups is 1. The quantitative estimate of drug-likeness (QED) is 0.492. The molecule has 0 fully saturated rings. The first-order chi connectivity index (χ1) is 9.45. The number of amides is 1. The summed E-state index contributed by atoms with van der Waals surface area (Å²) >= 11 is 0. The number of benzene rings is 1. The average Bonchev–Trinajstić information content (AvgIpc) is 2.42. The molecule has 1 rings (SSSR count). The maximum Gasteiger partial charge on any atom is 0.273 e. The van der Waals surface area contributed by atoms with Gasteiger partial charge in [-0.05, 0) is 32.8 Å². The molecule has 108 valence electrons. The van der Waals surface area contributed by atoms with Crippen molar-refractivity contribution in [2.24, 2.45) is 5.10 Å². The van der Waals surface area contributed by atoms with Gasteiger partial charge in [-0.3, -0.25) is 14.9 Å². The van der Waals surface area contributed by atoms with E-state index in [0.29, 0.717) is 5.56 Å². The molecule has 1 amide bonds. The molecule has 0 radical (unpaired) electrons. The molecular weight excluding hydrogens is 258 g/mol. The number of hydrogen-bond acceptors (Lipinski definition) is 4. The highest BCUT2D eigenvalue weighted by Gasteiger charge is 2.14. The molecule has 0 unspecified atom stereocenters. The Morgan fingerprint density at radius 3 is 2.75 bits per heavy atom. The van der Waals surface area contributed by atoms with Crippen LogP contribution in [0.25, 0.3) is 0 Å². The second-order valence-corrected chi connectivity index (χ2v) is 4.65. The zero-order valence-corrected chi connectivity index (χ0v) is 12.0. The number of aryl methyl sites for hydroxylation is 1. The number of carbonyl (C=O) groups excluding carboxylic acids is 1. The number of nitrogens with zero attached hydrogens (tertiary/aromatic N) is 2. The lowest BCUT2D eigenvalue weighted by atomic mass is 10.1. The lowest BCUT2D eigenvalue weighted by Gasteiger charge is -2.03. The minimum absolute atomic E-state index is 0.0654. The van der Waals surface area contributed by atoms with Gasteiger partial charge in [-0.15, -0.1) is 0 Å². The first-order valence-electron chi connectivity index (χ1n) is 6.54. The maximum atomic E-state index is 11.9. The molecule has 1 aromatic rings. The molecule has 0 aliphatic carbocycles. The van der Waals surface area contributed by atoms with Gasteiger partial charge in [0, 0.05) is 22.9 Å². The first-order valence-corrected chi connectivity index (χ1v) is 6.54. The van der Waals surface area contributed by atoms with Crippen molar-refractivity contribution < 1.29 is 9.72 Å². The number of unbranched alkanes of at least 4 members (excludes halogenated alkanes) is 1. The van der Waals surface area contributed by atoms with Crippen LogP contribution in [0.5, 0.6) is 0 Å². The van der Waals surface area contributed by atoms with Gasteiger partial charge in [-0.2, -0.15) is 5.10 Å². The van der Waals surface area contributed by atoms with Crippen molar-refractivity contribution >= 4 is 17.3 Å². The predicted molar refractivity (Wildman–Crippen MR) is 77.9 cm³/mol. The van der Waals surface area contributed by atoms with Crippen LogP contribution in [0.15, 0.2) is 23.3 Å². The van der Waals surface area contributed by atoms with E-state index in [2.05, 4.69) is 17.5 Å². The Balaban J connectivity index is 2.78. The van der Waals surface area contributed by atoms with Crippen LogP contribution in [0.4, 0.5) is 5.69 Å². The molecule has 6 heteroatoms. The van der Waals surface area contributed by atoms with Crippen molar-refractivity contribution in [3.63, 3.8) is 0 Å². The summed E-state index contributed by atoms with van der Waals surface area (Å²) in [5.74, 6) is -0.441. The maximum absolute atomic E-state index is 11.9. The molecule has 20 heavy (non-hydrogen) atoms. The van der Waals surface area contributed by atoms with E-state index in [1.807, 2.05) is 6.92 Å². The summed E-state index contributed by atoms with van der Waals surface area (Å²) in [6, 6.07) is 4.37. The van der Waals surface area contributed by atoms with Crippen molar-refractivity contribution in [2.45, 2.75) is 40.0 Å². The van der Waals surface area contributed by atoms with Crippen LogP contribution < -0.4 is 5.43 Å². The topological polar surface area (TPSA) is 84.6 Å². The number of hydrazone groups is 1. The molecule has 0 heterocycles. The summed E-state index contributed by atoms with van der Waals surface area (Å²) in [6.07, 6.45) is 2.90. The van der Waals surface area contributed by atoms with Gasteiger partial charge in [0.1, 0.15) is 0 Å². The number of nitrogens with one attached hydrogen (secondary N) is 1. The van der Waals surface area contributed by atoms with Gasteiger partial charge in [-0.25, -0.2) is 5.43 Å². The fourth-order valence-corrected chi connectivity index (χ4v) is 1.65. The average molecular weight is 277 g/mol. The monoisotopic (exact) mass is 277 g/mol. The van der Waals surface area contributed by atoms with Gasteiger partial charge >= 0.3 is 0 Å². The third-order valence-corrected chi connectivity index (χ3v) is 2.91. The highest BCUT2D eigenvalue weighted by Crippen LogP contribution is 2.19. The van der Waals surface area contributed by atoms with Gasteiger partial charge in [0.2, 0.25) is 0 Å². The van der Waals surface area contributed by atoms with Crippen LogP contribution in [0.2, 0.25) is 0 Å². The van der Waals surface area contributed by atoms with Crippen molar-refractivity contribution in [1.29, 1.82) is 0 Å². The smallest absolute Gasteiger partial charge is 0.267 e. The summed E-state index contributed by atoms with van der Waals surface area (Å²) in [7, 11) is 0. The summed E-state index contributed by atoms with van der Waals surface area (Å²) in [4.78, 5) is 22.2. The van der Waals surface area contributed by atoms with Crippen LogP contribution in [-0.2, 0) is 0 Å². The SMILES string of the molecule is CCCC/C(C)=N/NC(=O)c1ccc(C)c([N+](=O)[O-])c1. The number of nitro benzene ring substituents is 1. The van der Waals surface area contributed by atoms with Crippen molar-refractivity contribution in [3.8, 4) is 0 Å². The normalized spacial score (nSPS) is 11.2. The Morgan fingerprint density at radius 2 is 2.15 bits per heavy atom. The van der Waals surface area contributed by atoms with Gasteiger partial charge < -0.3 is 0 Å². The second kappa shape index (κ2) is 7.37. The van der Waals surface area contributed by atoms with E-state index in [4.69, 9.17) is 0 Å². The third-order valence-electron chi connectivity index (χ3n) is 2.91. The van der Waals surface area contributed by atoms with Crippen molar-refractivity contribution in [1.82, 2.24) is 5.43 Å². The largest absolute Gasteiger partial charge is 0.273 e.